The highest BCUT2D eigenvalue weighted by molar-refractivity contribution is 7.66. The molecule has 17 nitrogen and oxygen atoms in total. The predicted octanol–water partition coefficient (Wildman–Crippen LogP) is -0.964. The zero-order valence-corrected chi connectivity index (χ0v) is 16.7. The number of nitrogens with zero attached hydrogens (tertiary/aromatic N) is 2. The molecular formula is C9H16N3O14P3. The van der Waals surface area contributed by atoms with Crippen LogP contribution in [0.1, 0.15) is 12.6 Å². The number of hydrogen-bond donors (Lipinski definition) is 7. The van der Waals surface area contributed by atoms with Gasteiger partial charge in [-0.05, 0) is 6.07 Å². The van der Waals surface area contributed by atoms with Crippen LogP contribution in [-0.2, 0) is 31.6 Å². The molecule has 0 bridgehead atoms. The molecule has 1 aliphatic heterocycles. The molecule has 7 N–H and O–H groups in total. The molecule has 0 spiro atoms. The molecule has 166 valence electrons. The lowest BCUT2D eigenvalue weighted by Crippen LogP contribution is -2.28. The first-order chi connectivity index (χ1) is 13.2. The number of rotatable bonds is 9. The van der Waals surface area contributed by atoms with E-state index in [-0.39, 0.29) is 12.2 Å². The molecule has 0 aliphatic carbocycles. The quantitative estimate of drug-likeness (QED) is 0.165. The predicted molar refractivity (Wildman–Crippen MR) is 88.3 cm³/mol. The fourth-order valence-corrected chi connectivity index (χ4v) is 5.23. The second-order valence-corrected chi connectivity index (χ2v) is 9.85. The summed E-state index contributed by atoms with van der Waals surface area (Å²) in [6.45, 7) is -0.875. The molecule has 1 saturated heterocycles. The van der Waals surface area contributed by atoms with Crippen molar-refractivity contribution in [3.8, 4) is 0 Å². The van der Waals surface area contributed by atoms with E-state index in [1.165, 1.54) is 12.3 Å². The second-order valence-electron chi connectivity index (χ2n) is 5.43. The van der Waals surface area contributed by atoms with Crippen LogP contribution in [0.3, 0.4) is 0 Å². The normalized spacial score (nSPS) is 26.6. The second kappa shape index (κ2) is 8.99. The van der Waals surface area contributed by atoms with E-state index in [0.717, 1.165) is 4.57 Å². The molecule has 2 rings (SSSR count). The number of aliphatic hydroxyl groups excluding tert-OH is 1. The Labute approximate surface area is 160 Å². The maximum atomic E-state index is 11.9. The summed E-state index contributed by atoms with van der Waals surface area (Å²) in [6, 6.07) is 1.22. The van der Waals surface area contributed by atoms with Crippen LogP contribution in [0.2, 0.25) is 0 Å². The average Bonchev–Trinajstić information content (AvgIpc) is 2.90. The molecule has 1 aromatic heterocycles. The summed E-state index contributed by atoms with van der Waals surface area (Å²) in [5.74, 6) is -0.144. The Hall–Kier alpha value is -1.03. The van der Waals surface area contributed by atoms with Gasteiger partial charge in [-0.15, -0.1) is 0 Å². The van der Waals surface area contributed by atoms with Crippen LogP contribution >= 0.6 is 23.5 Å². The minimum atomic E-state index is -5.67. The van der Waals surface area contributed by atoms with E-state index in [2.05, 4.69) is 18.1 Å². The topological polar surface area (TPSA) is 256 Å². The highest BCUT2D eigenvalue weighted by Crippen LogP contribution is 2.66. The molecular weight excluding hydrogens is 467 g/mol. The molecule has 1 fully saturated rings. The van der Waals surface area contributed by atoms with Gasteiger partial charge >= 0.3 is 29.2 Å². The van der Waals surface area contributed by atoms with Crippen molar-refractivity contribution in [1.82, 2.24) is 9.55 Å². The largest absolute Gasteiger partial charge is 0.490 e. The van der Waals surface area contributed by atoms with Crippen LogP contribution in [0.25, 0.3) is 0 Å². The van der Waals surface area contributed by atoms with Crippen LogP contribution in [-0.4, -0.2) is 58.3 Å². The molecule has 0 amide bonds. The Bertz CT molecular complexity index is 930. The molecule has 0 saturated carbocycles. The third-order valence-electron chi connectivity index (χ3n) is 3.28. The number of hydrogen-bond acceptors (Lipinski definition) is 12. The number of phosphoric ester groups is 1. The molecule has 0 radical (unpaired) electrons. The van der Waals surface area contributed by atoms with Gasteiger partial charge in [0.15, 0.2) is 5.82 Å². The van der Waals surface area contributed by atoms with Crippen LogP contribution in [0.5, 0.6) is 0 Å². The van der Waals surface area contributed by atoms with Crippen molar-refractivity contribution in [3.63, 3.8) is 0 Å². The van der Waals surface area contributed by atoms with E-state index >= 15 is 0 Å². The summed E-state index contributed by atoms with van der Waals surface area (Å²) < 4.78 is 51.2. The highest BCUT2D eigenvalue weighted by atomic mass is 31.3. The fourth-order valence-electron chi connectivity index (χ4n) is 2.20. The van der Waals surface area contributed by atoms with E-state index in [1.54, 1.807) is 5.48 Å². The van der Waals surface area contributed by atoms with E-state index in [4.69, 9.17) is 24.6 Å². The van der Waals surface area contributed by atoms with Crippen molar-refractivity contribution in [2.45, 2.75) is 24.9 Å². The summed E-state index contributed by atoms with van der Waals surface area (Å²) in [7, 11) is -16.6. The summed E-state index contributed by atoms with van der Waals surface area (Å²) >= 11 is 0. The molecule has 20 heteroatoms. The van der Waals surface area contributed by atoms with Gasteiger partial charge in [0.25, 0.3) is 0 Å². The van der Waals surface area contributed by atoms with Crippen molar-refractivity contribution in [3.05, 3.63) is 22.7 Å². The van der Waals surface area contributed by atoms with Crippen molar-refractivity contribution >= 4 is 29.3 Å². The van der Waals surface area contributed by atoms with Crippen molar-refractivity contribution < 1.29 is 61.5 Å². The third kappa shape index (κ3) is 7.31. The van der Waals surface area contributed by atoms with E-state index in [9.17, 15) is 28.5 Å². The number of ether oxygens (including phenoxy) is 1. The third-order valence-corrected chi connectivity index (χ3v) is 7.08. The lowest BCUT2D eigenvalue weighted by atomic mass is 10.2. The SMILES string of the molecule is O=c1nc(NO)ccn1C1CC(O)C(COP(=O)(O)OP(=O)(O)OP(=O)(O)O)O1. The zero-order valence-electron chi connectivity index (χ0n) is 14.0. The molecule has 1 aromatic rings. The van der Waals surface area contributed by atoms with Gasteiger partial charge in [-0.1, -0.05) is 0 Å². The minimum Gasteiger partial charge on any atom is -0.390 e. The Morgan fingerprint density at radius 2 is 1.86 bits per heavy atom. The number of nitrogens with one attached hydrogen (secondary N) is 1. The van der Waals surface area contributed by atoms with Crippen LogP contribution in [0.15, 0.2) is 17.1 Å². The molecule has 5 unspecified atom stereocenters. The first-order valence-electron chi connectivity index (χ1n) is 7.32. The number of anilines is 1. The van der Waals surface area contributed by atoms with Gasteiger partial charge < -0.3 is 29.4 Å². The maximum absolute atomic E-state index is 11.9. The summed E-state index contributed by atoms with van der Waals surface area (Å²) in [5, 5.41) is 18.6. The Morgan fingerprint density at radius 1 is 1.21 bits per heavy atom. The monoisotopic (exact) mass is 483 g/mol. The Kier molecular flexibility index (Phi) is 7.52. The Balaban J connectivity index is 1.99. The van der Waals surface area contributed by atoms with Crippen LogP contribution < -0.4 is 11.2 Å². The van der Waals surface area contributed by atoms with Crippen molar-refractivity contribution in [2.75, 3.05) is 12.1 Å². The fraction of sp³-hybridized carbons (Fsp3) is 0.556. The number of phosphoric acid groups is 3. The van der Waals surface area contributed by atoms with Crippen LogP contribution in [0, 0.1) is 0 Å². The van der Waals surface area contributed by atoms with Gasteiger partial charge in [-0.25, -0.2) is 18.5 Å². The smallest absolute Gasteiger partial charge is 0.390 e. The Morgan fingerprint density at radius 3 is 2.41 bits per heavy atom. The van der Waals surface area contributed by atoms with Gasteiger partial charge in [0.1, 0.15) is 12.3 Å². The molecule has 0 aromatic carbocycles. The van der Waals surface area contributed by atoms with Gasteiger partial charge in [0.2, 0.25) is 0 Å². The molecule has 1 aliphatic rings. The molecule has 2 heterocycles. The van der Waals surface area contributed by atoms with Gasteiger partial charge in [-0.3, -0.25) is 19.8 Å². The first kappa shape index (κ1) is 24.2. The van der Waals surface area contributed by atoms with Gasteiger partial charge in [0, 0.05) is 12.6 Å². The highest BCUT2D eigenvalue weighted by Gasteiger charge is 2.42. The summed E-state index contributed by atoms with van der Waals surface area (Å²) in [4.78, 5) is 50.6. The van der Waals surface area contributed by atoms with Gasteiger partial charge in [0.05, 0.1) is 12.7 Å². The zero-order chi connectivity index (χ0) is 22.0. The van der Waals surface area contributed by atoms with E-state index in [1.807, 2.05) is 0 Å². The number of aliphatic hydroxyl groups is 1. The lowest BCUT2D eigenvalue weighted by molar-refractivity contribution is -0.0449. The van der Waals surface area contributed by atoms with Crippen molar-refractivity contribution in [2.24, 2.45) is 0 Å². The average molecular weight is 483 g/mol. The van der Waals surface area contributed by atoms with Crippen LogP contribution in [0.4, 0.5) is 5.82 Å². The van der Waals surface area contributed by atoms with Crippen molar-refractivity contribution in [1.29, 1.82) is 0 Å². The van der Waals surface area contributed by atoms with E-state index in [0.29, 0.717) is 0 Å². The lowest BCUT2D eigenvalue weighted by Gasteiger charge is -2.19. The molecule has 29 heavy (non-hydrogen) atoms. The van der Waals surface area contributed by atoms with E-state index < -0.39 is 54.2 Å². The van der Waals surface area contributed by atoms with Gasteiger partial charge in [-0.2, -0.15) is 13.6 Å². The standard InChI is InChI=1S/C9H16N3O14P3/c13-5-3-8(12-2-1-7(11-15)10-9(12)14)24-6(5)4-23-28(19,20)26-29(21,22)25-27(16,17)18/h1-2,5-6,8,13,15H,3-4H2,(H,19,20)(H,21,22)(H,10,11,14)(H2,16,17,18). The number of aromatic nitrogens is 2. The minimum absolute atomic E-state index is 0.144. The molecule has 5 atom stereocenters. The maximum Gasteiger partial charge on any atom is 0.490 e. The summed E-state index contributed by atoms with van der Waals surface area (Å²) in [6.07, 6.45) is -2.65. The first-order valence-corrected chi connectivity index (χ1v) is 11.8. The summed E-state index contributed by atoms with van der Waals surface area (Å²) in [5.41, 5.74) is 0.811.